The van der Waals surface area contributed by atoms with Crippen LogP contribution >= 0.6 is 0 Å². The molecule has 0 radical (unpaired) electrons. The van der Waals surface area contributed by atoms with Crippen LogP contribution in [0.2, 0.25) is 0 Å². The maximum atomic E-state index is 10.1. The van der Waals surface area contributed by atoms with Crippen molar-refractivity contribution in [3.05, 3.63) is 24.3 Å². The summed E-state index contributed by atoms with van der Waals surface area (Å²) in [5.41, 5.74) is 0.247. The van der Waals surface area contributed by atoms with Gasteiger partial charge in [-0.1, -0.05) is 37.6 Å². The van der Waals surface area contributed by atoms with Crippen LogP contribution in [0.3, 0.4) is 0 Å². The molecule has 0 heterocycles. The molecule has 0 aliphatic heterocycles. The van der Waals surface area contributed by atoms with Crippen LogP contribution in [0.5, 0.6) is 0 Å². The lowest BCUT2D eigenvalue weighted by Gasteiger charge is -2.29. The second-order valence-corrected chi connectivity index (χ2v) is 4.69. The van der Waals surface area contributed by atoms with Gasteiger partial charge in [-0.25, -0.2) is 0 Å². The fourth-order valence-electron chi connectivity index (χ4n) is 2.66. The fourth-order valence-corrected chi connectivity index (χ4v) is 2.66. The Hall–Kier alpha value is -0.560. The Bertz CT molecular complexity index is 248. The molecule has 0 saturated heterocycles. The molecule has 0 spiro atoms. The van der Waals surface area contributed by atoms with Crippen LogP contribution in [0.4, 0.5) is 0 Å². The zero-order valence-electron chi connectivity index (χ0n) is 8.95. The average molecular weight is 192 g/mol. The van der Waals surface area contributed by atoms with Crippen LogP contribution < -0.4 is 0 Å². The van der Waals surface area contributed by atoms with Gasteiger partial charge in [-0.3, -0.25) is 0 Å². The van der Waals surface area contributed by atoms with Crippen molar-refractivity contribution in [2.24, 2.45) is 11.3 Å². The molecule has 0 aromatic carbocycles. The molecule has 0 aromatic rings. The second kappa shape index (κ2) is 3.90. The first kappa shape index (κ1) is 9.97. The molecule has 1 unspecified atom stereocenters. The number of aliphatic hydroxyl groups is 1. The lowest BCUT2D eigenvalue weighted by Crippen LogP contribution is -2.29. The van der Waals surface area contributed by atoms with Crippen LogP contribution in [0.1, 0.15) is 39.0 Å². The Morgan fingerprint density at radius 3 is 2.71 bits per heavy atom. The van der Waals surface area contributed by atoms with Crippen LogP contribution in [0.15, 0.2) is 24.3 Å². The summed E-state index contributed by atoms with van der Waals surface area (Å²) < 4.78 is 0. The molecule has 1 heteroatoms. The minimum Gasteiger partial charge on any atom is -0.393 e. The number of hydrogen-bond acceptors (Lipinski definition) is 1. The first-order valence-electron chi connectivity index (χ1n) is 5.81. The summed E-state index contributed by atoms with van der Waals surface area (Å²) in [5.74, 6) is 0.592. The van der Waals surface area contributed by atoms with Crippen LogP contribution in [0.25, 0.3) is 0 Å². The number of hydrogen-bond donors (Lipinski definition) is 1. The summed E-state index contributed by atoms with van der Waals surface area (Å²) in [6.45, 7) is 2.15. The van der Waals surface area contributed by atoms with Gasteiger partial charge in [0.05, 0.1) is 6.10 Å². The Balaban J connectivity index is 2.01. The summed E-state index contributed by atoms with van der Waals surface area (Å²) in [5, 5.41) is 10.1. The minimum absolute atomic E-state index is 0.0753. The van der Waals surface area contributed by atoms with Crippen molar-refractivity contribution in [3.8, 4) is 0 Å². The quantitative estimate of drug-likeness (QED) is 0.725. The van der Waals surface area contributed by atoms with Gasteiger partial charge in [0.2, 0.25) is 0 Å². The Morgan fingerprint density at radius 2 is 2.21 bits per heavy atom. The fraction of sp³-hybridized carbons (Fsp3) is 0.692. The SMILES string of the molecule is CCC[C@H](O)C1(C2C=CC=CC2)CC1. The zero-order valence-corrected chi connectivity index (χ0v) is 8.95. The van der Waals surface area contributed by atoms with E-state index in [0.717, 1.165) is 19.3 Å². The predicted molar refractivity (Wildman–Crippen MR) is 59.0 cm³/mol. The summed E-state index contributed by atoms with van der Waals surface area (Å²) in [4.78, 5) is 0. The Morgan fingerprint density at radius 1 is 1.43 bits per heavy atom. The molecule has 78 valence electrons. The Labute approximate surface area is 86.5 Å². The van der Waals surface area contributed by atoms with Crippen molar-refractivity contribution in [2.45, 2.75) is 45.1 Å². The van der Waals surface area contributed by atoms with Crippen molar-refractivity contribution in [2.75, 3.05) is 0 Å². The maximum Gasteiger partial charge on any atom is 0.0602 e. The zero-order chi connectivity index (χ0) is 10.0. The lowest BCUT2D eigenvalue weighted by molar-refractivity contribution is 0.0591. The topological polar surface area (TPSA) is 20.2 Å². The molecule has 1 fully saturated rings. The van der Waals surface area contributed by atoms with E-state index in [-0.39, 0.29) is 11.5 Å². The normalized spacial score (nSPS) is 30.3. The molecular weight excluding hydrogens is 172 g/mol. The van der Waals surface area contributed by atoms with Crippen LogP contribution in [-0.2, 0) is 0 Å². The van der Waals surface area contributed by atoms with Crippen molar-refractivity contribution < 1.29 is 5.11 Å². The highest BCUT2D eigenvalue weighted by atomic mass is 16.3. The van der Waals surface area contributed by atoms with E-state index in [4.69, 9.17) is 0 Å². The standard InChI is InChI=1S/C13H20O/c1-2-6-12(14)13(9-10-13)11-7-4-3-5-8-11/h3-5,7,11-12,14H,2,6,8-10H2,1H3/t11?,12-/m0/s1. The van der Waals surface area contributed by atoms with E-state index in [9.17, 15) is 5.11 Å². The smallest absolute Gasteiger partial charge is 0.0602 e. The second-order valence-electron chi connectivity index (χ2n) is 4.69. The van der Waals surface area contributed by atoms with Gasteiger partial charge >= 0.3 is 0 Å². The number of allylic oxidation sites excluding steroid dienone is 4. The molecule has 2 aliphatic carbocycles. The van der Waals surface area contributed by atoms with E-state index < -0.39 is 0 Å². The van der Waals surface area contributed by atoms with Crippen molar-refractivity contribution in [1.29, 1.82) is 0 Å². The minimum atomic E-state index is -0.0753. The first-order chi connectivity index (χ1) is 6.79. The first-order valence-corrected chi connectivity index (χ1v) is 5.81. The van der Waals surface area contributed by atoms with Crippen molar-refractivity contribution in [1.82, 2.24) is 0 Å². The molecule has 1 nitrogen and oxygen atoms in total. The molecule has 1 saturated carbocycles. The summed E-state index contributed by atoms with van der Waals surface area (Å²) >= 11 is 0. The van der Waals surface area contributed by atoms with E-state index in [1.807, 2.05) is 0 Å². The monoisotopic (exact) mass is 192 g/mol. The molecule has 0 amide bonds. The van der Waals surface area contributed by atoms with Gasteiger partial charge in [0, 0.05) is 5.41 Å². The summed E-state index contributed by atoms with van der Waals surface area (Å²) in [6.07, 6.45) is 14.3. The molecule has 1 N–H and O–H groups in total. The molecule has 2 aliphatic rings. The van der Waals surface area contributed by atoms with E-state index in [1.165, 1.54) is 12.8 Å². The number of rotatable bonds is 4. The van der Waals surface area contributed by atoms with Gasteiger partial charge in [-0.05, 0) is 31.6 Å². The van der Waals surface area contributed by atoms with Gasteiger partial charge in [0.15, 0.2) is 0 Å². The van der Waals surface area contributed by atoms with Gasteiger partial charge in [0.1, 0.15) is 0 Å². The predicted octanol–water partition coefficient (Wildman–Crippen LogP) is 3.06. The van der Waals surface area contributed by atoms with E-state index in [0.29, 0.717) is 5.92 Å². The van der Waals surface area contributed by atoms with Gasteiger partial charge in [0.25, 0.3) is 0 Å². The Kier molecular flexibility index (Phi) is 2.78. The highest BCUT2D eigenvalue weighted by Crippen LogP contribution is 2.57. The van der Waals surface area contributed by atoms with Crippen LogP contribution in [-0.4, -0.2) is 11.2 Å². The largest absolute Gasteiger partial charge is 0.393 e. The molecule has 14 heavy (non-hydrogen) atoms. The van der Waals surface area contributed by atoms with Gasteiger partial charge in [-0.2, -0.15) is 0 Å². The maximum absolute atomic E-state index is 10.1. The van der Waals surface area contributed by atoms with Gasteiger partial charge < -0.3 is 5.11 Å². The van der Waals surface area contributed by atoms with Crippen molar-refractivity contribution in [3.63, 3.8) is 0 Å². The molecule has 0 aromatic heterocycles. The molecule has 2 atom stereocenters. The van der Waals surface area contributed by atoms with E-state index >= 15 is 0 Å². The lowest BCUT2D eigenvalue weighted by atomic mass is 9.79. The molecule has 2 rings (SSSR count). The number of aliphatic hydroxyl groups excluding tert-OH is 1. The summed E-state index contributed by atoms with van der Waals surface area (Å²) in [6, 6.07) is 0. The summed E-state index contributed by atoms with van der Waals surface area (Å²) in [7, 11) is 0. The molecule has 0 bridgehead atoms. The third kappa shape index (κ3) is 1.66. The highest BCUT2D eigenvalue weighted by Gasteiger charge is 2.52. The molecular formula is C13H20O. The highest BCUT2D eigenvalue weighted by molar-refractivity contribution is 5.18. The van der Waals surface area contributed by atoms with Gasteiger partial charge in [-0.15, -0.1) is 0 Å². The third-order valence-corrected chi connectivity index (χ3v) is 3.77. The average Bonchev–Trinajstić information content (AvgIpc) is 3.00. The van der Waals surface area contributed by atoms with Crippen LogP contribution in [0, 0.1) is 11.3 Å². The van der Waals surface area contributed by atoms with E-state index in [1.54, 1.807) is 0 Å². The third-order valence-electron chi connectivity index (χ3n) is 3.77. The van der Waals surface area contributed by atoms with E-state index in [2.05, 4.69) is 31.2 Å². The van der Waals surface area contributed by atoms with Crippen molar-refractivity contribution >= 4 is 0 Å².